The molecule has 1 fully saturated rings. The standard InChI is InChI=1S/C10H13BrN4O3S/c11-6-3-8(9(15-12)13-4-6)10(16)14-7-1-2-19(17,18)5-7/h3-4,7H,1-2,5,12H2,(H,13,15)(H,14,16). The van der Waals surface area contributed by atoms with Gasteiger partial charge in [-0.15, -0.1) is 0 Å². The van der Waals surface area contributed by atoms with Crippen molar-refractivity contribution in [1.82, 2.24) is 10.3 Å². The van der Waals surface area contributed by atoms with Crippen LogP contribution < -0.4 is 16.6 Å². The Kier molecular flexibility index (Phi) is 4.07. The van der Waals surface area contributed by atoms with Crippen LogP contribution in [0.1, 0.15) is 16.8 Å². The van der Waals surface area contributed by atoms with E-state index in [9.17, 15) is 13.2 Å². The Morgan fingerprint density at radius 1 is 1.53 bits per heavy atom. The fourth-order valence-corrected chi connectivity index (χ4v) is 3.90. The lowest BCUT2D eigenvalue weighted by Gasteiger charge is -2.13. The van der Waals surface area contributed by atoms with Crippen LogP contribution >= 0.6 is 15.9 Å². The fourth-order valence-electron chi connectivity index (χ4n) is 1.90. The summed E-state index contributed by atoms with van der Waals surface area (Å²) < 4.78 is 23.3. The summed E-state index contributed by atoms with van der Waals surface area (Å²) in [5, 5.41) is 2.68. The first kappa shape index (κ1) is 14.2. The highest BCUT2D eigenvalue weighted by atomic mass is 79.9. The molecule has 1 atom stereocenters. The van der Waals surface area contributed by atoms with Crippen LogP contribution in [0.15, 0.2) is 16.7 Å². The number of carbonyl (C=O) groups is 1. The molecule has 1 saturated heterocycles. The van der Waals surface area contributed by atoms with Gasteiger partial charge in [0.1, 0.15) is 0 Å². The second-order valence-corrected chi connectivity index (χ2v) is 7.41. The minimum absolute atomic E-state index is 0.0223. The van der Waals surface area contributed by atoms with E-state index >= 15 is 0 Å². The Balaban J connectivity index is 2.14. The number of nitrogens with zero attached hydrogens (tertiary/aromatic N) is 1. The van der Waals surface area contributed by atoms with E-state index < -0.39 is 15.7 Å². The molecule has 2 rings (SSSR count). The van der Waals surface area contributed by atoms with Crippen LogP contribution in [0.5, 0.6) is 0 Å². The predicted octanol–water partition coefficient (Wildman–Crippen LogP) is 0.0466. The van der Waals surface area contributed by atoms with Crippen molar-refractivity contribution < 1.29 is 13.2 Å². The SMILES string of the molecule is NNc1ncc(Br)cc1C(=O)NC1CCS(=O)(=O)C1. The van der Waals surface area contributed by atoms with Gasteiger partial charge in [-0.25, -0.2) is 19.2 Å². The zero-order valence-electron chi connectivity index (χ0n) is 9.89. The molecule has 0 aliphatic carbocycles. The molecule has 0 bridgehead atoms. The van der Waals surface area contributed by atoms with Gasteiger partial charge in [-0.2, -0.15) is 0 Å². The smallest absolute Gasteiger partial charge is 0.255 e. The third-order valence-corrected chi connectivity index (χ3v) is 5.00. The quantitative estimate of drug-likeness (QED) is 0.525. The number of halogens is 1. The number of carbonyl (C=O) groups excluding carboxylic acids is 1. The van der Waals surface area contributed by atoms with Crippen molar-refractivity contribution in [3.63, 3.8) is 0 Å². The normalized spacial score (nSPS) is 21.1. The van der Waals surface area contributed by atoms with Crippen molar-refractivity contribution in [2.75, 3.05) is 16.9 Å². The summed E-state index contributed by atoms with van der Waals surface area (Å²) in [5.74, 6) is 5.21. The maximum absolute atomic E-state index is 12.1. The number of aromatic nitrogens is 1. The number of nitrogen functional groups attached to an aromatic ring is 1. The Morgan fingerprint density at radius 3 is 2.84 bits per heavy atom. The number of nitrogens with two attached hydrogens (primary N) is 1. The molecule has 1 aromatic rings. The average Bonchev–Trinajstić information content (AvgIpc) is 2.68. The van der Waals surface area contributed by atoms with Gasteiger partial charge >= 0.3 is 0 Å². The minimum atomic E-state index is -3.03. The van der Waals surface area contributed by atoms with Crippen molar-refractivity contribution in [1.29, 1.82) is 0 Å². The predicted molar refractivity (Wildman–Crippen MR) is 74.3 cm³/mol. The summed E-state index contributed by atoms with van der Waals surface area (Å²) in [4.78, 5) is 16.0. The first-order valence-electron chi connectivity index (χ1n) is 5.55. The number of hydrogen-bond donors (Lipinski definition) is 3. The van der Waals surface area contributed by atoms with Crippen molar-refractivity contribution in [2.24, 2.45) is 5.84 Å². The molecule has 0 spiro atoms. The zero-order valence-corrected chi connectivity index (χ0v) is 12.3. The molecule has 7 nitrogen and oxygen atoms in total. The number of amides is 1. The van der Waals surface area contributed by atoms with Crippen LogP contribution in [0.25, 0.3) is 0 Å². The molecule has 19 heavy (non-hydrogen) atoms. The van der Waals surface area contributed by atoms with E-state index in [2.05, 4.69) is 31.7 Å². The number of anilines is 1. The van der Waals surface area contributed by atoms with Gasteiger partial charge in [0.2, 0.25) is 0 Å². The monoisotopic (exact) mass is 348 g/mol. The molecule has 1 aliphatic rings. The molecule has 0 radical (unpaired) electrons. The number of hydrogen-bond acceptors (Lipinski definition) is 6. The second kappa shape index (κ2) is 5.43. The molecule has 0 saturated carbocycles. The maximum atomic E-state index is 12.1. The summed E-state index contributed by atoms with van der Waals surface area (Å²) in [6, 6.07) is 1.21. The summed E-state index contributed by atoms with van der Waals surface area (Å²) in [6.45, 7) is 0. The lowest BCUT2D eigenvalue weighted by molar-refractivity contribution is 0.0941. The van der Waals surface area contributed by atoms with E-state index in [4.69, 9.17) is 5.84 Å². The van der Waals surface area contributed by atoms with Crippen molar-refractivity contribution >= 4 is 37.5 Å². The van der Waals surface area contributed by atoms with Crippen molar-refractivity contribution in [2.45, 2.75) is 12.5 Å². The highest BCUT2D eigenvalue weighted by molar-refractivity contribution is 9.10. The molecule has 2 heterocycles. The van der Waals surface area contributed by atoms with E-state index in [0.717, 1.165) is 0 Å². The second-order valence-electron chi connectivity index (χ2n) is 4.27. The number of hydrazine groups is 1. The number of rotatable bonds is 3. The molecule has 1 aromatic heterocycles. The van der Waals surface area contributed by atoms with E-state index in [1.807, 2.05) is 0 Å². The Bertz CT molecular complexity index is 605. The number of sulfone groups is 1. The van der Waals surface area contributed by atoms with Crippen molar-refractivity contribution in [3.05, 3.63) is 22.3 Å². The third kappa shape index (κ3) is 3.43. The summed E-state index contributed by atoms with van der Waals surface area (Å²) in [6.07, 6.45) is 1.94. The Labute approximate surface area is 119 Å². The number of nitrogens with one attached hydrogen (secondary N) is 2. The van der Waals surface area contributed by atoms with E-state index in [0.29, 0.717) is 10.9 Å². The largest absolute Gasteiger partial charge is 0.348 e. The average molecular weight is 349 g/mol. The fraction of sp³-hybridized carbons (Fsp3) is 0.400. The molecule has 104 valence electrons. The zero-order chi connectivity index (χ0) is 14.0. The number of pyridine rings is 1. The minimum Gasteiger partial charge on any atom is -0.348 e. The van der Waals surface area contributed by atoms with E-state index in [-0.39, 0.29) is 28.9 Å². The van der Waals surface area contributed by atoms with Crippen molar-refractivity contribution in [3.8, 4) is 0 Å². The topological polar surface area (TPSA) is 114 Å². The van der Waals surface area contributed by atoms with Crippen LogP contribution in [0.4, 0.5) is 5.82 Å². The molecule has 9 heteroatoms. The summed E-state index contributed by atoms with van der Waals surface area (Å²) >= 11 is 3.22. The van der Waals surface area contributed by atoms with E-state index in [1.54, 1.807) is 6.07 Å². The van der Waals surface area contributed by atoms with Gasteiger partial charge in [0.15, 0.2) is 15.7 Å². The van der Waals surface area contributed by atoms with Gasteiger partial charge in [0, 0.05) is 16.7 Å². The first-order valence-corrected chi connectivity index (χ1v) is 8.16. The van der Waals surface area contributed by atoms with E-state index in [1.165, 1.54) is 6.20 Å². The Morgan fingerprint density at radius 2 is 2.26 bits per heavy atom. The van der Waals surface area contributed by atoms with Gasteiger partial charge < -0.3 is 10.7 Å². The van der Waals surface area contributed by atoms with Gasteiger partial charge in [0.25, 0.3) is 5.91 Å². The van der Waals surface area contributed by atoms with Crippen LogP contribution in [0.2, 0.25) is 0 Å². The molecule has 1 aliphatic heterocycles. The van der Waals surface area contributed by atoms with Crippen LogP contribution in [0, 0.1) is 0 Å². The van der Waals surface area contributed by atoms with Gasteiger partial charge in [-0.3, -0.25) is 4.79 Å². The van der Waals surface area contributed by atoms with Gasteiger partial charge in [-0.1, -0.05) is 0 Å². The van der Waals surface area contributed by atoms with Crippen LogP contribution in [0.3, 0.4) is 0 Å². The van der Waals surface area contributed by atoms with Gasteiger partial charge in [0.05, 0.1) is 17.1 Å². The maximum Gasteiger partial charge on any atom is 0.255 e. The molecule has 1 amide bonds. The lowest BCUT2D eigenvalue weighted by atomic mass is 10.2. The molecule has 0 aromatic carbocycles. The molecule has 1 unspecified atom stereocenters. The third-order valence-electron chi connectivity index (χ3n) is 2.80. The summed E-state index contributed by atoms with van der Waals surface area (Å²) in [5.41, 5.74) is 2.60. The summed E-state index contributed by atoms with van der Waals surface area (Å²) in [7, 11) is -3.03. The van der Waals surface area contributed by atoms with Crippen LogP contribution in [-0.2, 0) is 9.84 Å². The Hall–Kier alpha value is -1.19. The highest BCUT2D eigenvalue weighted by Crippen LogP contribution is 2.18. The first-order chi connectivity index (χ1) is 8.91. The lowest BCUT2D eigenvalue weighted by Crippen LogP contribution is -2.36. The van der Waals surface area contributed by atoms with Crippen LogP contribution in [-0.4, -0.2) is 36.9 Å². The molecular weight excluding hydrogens is 336 g/mol. The highest BCUT2D eigenvalue weighted by Gasteiger charge is 2.29. The molecule has 4 N–H and O–H groups in total. The molecular formula is C10H13BrN4O3S. The van der Waals surface area contributed by atoms with Gasteiger partial charge in [-0.05, 0) is 28.4 Å².